The average Bonchev–Trinajstić information content (AvgIpc) is 2.48. The van der Waals surface area contributed by atoms with Crippen LogP contribution in [0.25, 0.3) is 0 Å². The summed E-state index contributed by atoms with van der Waals surface area (Å²) in [5.74, 6) is 0.387. The highest BCUT2D eigenvalue weighted by Crippen LogP contribution is 2.13. The van der Waals surface area contributed by atoms with Gasteiger partial charge in [0.25, 0.3) is 5.91 Å². The van der Waals surface area contributed by atoms with E-state index in [2.05, 4.69) is 12.2 Å². The fraction of sp³-hybridized carbons (Fsp3) is 0.533. The van der Waals surface area contributed by atoms with Gasteiger partial charge in [0.2, 0.25) is 0 Å². The number of nitrogens with one attached hydrogen (secondary N) is 1. The van der Waals surface area contributed by atoms with Crippen LogP contribution in [0.15, 0.2) is 24.3 Å². The maximum Gasteiger partial charge on any atom is 0.251 e. The molecule has 0 aromatic heterocycles. The SMILES string of the molecule is CCCCOc1ccc(C(=O)NC(C)(CO)CO)cc1. The van der Waals surface area contributed by atoms with Crippen LogP contribution in [0.3, 0.4) is 0 Å². The van der Waals surface area contributed by atoms with Gasteiger partial charge in [-0.3, -0.25) is 4.79 Å². The molecule has 112 valence electrons. The molecule has 0 aliphatic rings. The molecule has 20 heavy (non-hydrogen) atoms. The number of benzene rings is 1. The third-order valence-electron chi connectivity index (χ3n) is 3.00. The Labute approximate surface area is 119 Å². The van der Waals surface area contributed by atoms with Crippen LogP contribution >= 0.6 is 0 Å². The number of hydrogen-bond donors (Lipinski definition) is 3. The zero-order chi connectivity index (χ0) is 15.0. The molecule has 0 fully saturated rings. The Morgan fingerprint density at radius 3 is 2.35 bits per heavy atom. The van der Waals surface area contributed by atoms with Gasteiger partial charge < -0.3 is 20.3 Å². The first-order chi connectivity index (χ1) is 9.54. The van der Waals surface area contributed by atoms with Crippen molar-refractivity contribution in [1.29, 1.82) is 0 Å². The molecule has 1 rings (SSSR count). The van der Waals surface area contributed by atoms with Gasteiger partial charge >= 0.3 is 0 Å². The molecule has 0 unspecified atom stereocenters. The standard InChI is InChI=1S/C15H23NO4/c1-3-4-9-20-13-7-5-12(6-8-13)14(19)16-15(2,10-17)11-18/h5-8,17-18H,3-4,9-11H2,1-2H3,(H,16,19). The highest BCUT2D eigenvalue weighted by atomic mass is 16.5. The second kappa shape index (κ2) is 7.87. The Balaban J connectivity index is 2.61. The van der Waals surface area contributed by atoms with Gasteiger partial charge in [-0.1, -0.05) is 13.3 Å². The van der Waals surface area contributed by atoms with Crippen LogP contribution in [-0.2, 0) is 0 Å². The Morgan fingerprint density at radius 1 is 1.25 bits per heavy atom. The summed E-state index contributed by atoms with van der Waals surface area (Å²) in [5, 5.41) is 20.9. The first kappa shape index (κ1) is 16.5. The van der Waals surface area contributed by atoms with Crippen molar-refractivity contribution in [3.8, 4) is 5.75 Å². The molecule has 3 N–H and O–H groups in total. The van der Waals surface area contributed by atoms with E-state index in [9.17, 15) is 4.79 Å². The first-order valence-electron chi connectivity index (χ1n) is 6.81. The number of carbonyl (C=O) groups excluding carboxylic acids is 1. The van der Waals surface area contributed by atoms with Crippen molar-refractivity contribution in [2.24, 2.45) is 0 Å². The van der Waals surface area contributed by atoms with Crippen LogP contribution in [0, 0.1) is 0 Å². The molecule has 0 radical (unpaired) electrons. The van der Waals surface area contributed by atoms with E-state index in [1.807, 2.05) is 0 Å². The molecule has 0 heterocycles. The fourth-order valence-corrected chi connectivity index (χ4v) is 1.51. The van der Waals surface area contributed by atoms with Crippen molar-refractivity contribution >= 4 is 5.91 Å². The summed E-state index contributed by atoms with van der Waals surface area (Å²) in [6.07, 6.45) is 2.06. The summed E-state index contributed by atoms with van der Waals surface area (Å²) in [4.78, 5) is 12.0. The molecule has 1 aromatic carbocycles. The van der Waals surface area contributed by atoms with Crippen molar-refractivity contribution in [3.63, 3.8) is 0 Å². The molecular weight excluding hydrogens is 258 g/mol. The maximum atomic E-state index is 12.0. The second-order valence-electron chi connectivity index (χ2n) is 5.06. The van der Waals surface area contributed by atoms with Gasteiger partial charge in [-0.2, -0.15) is 0 Å². The number of amides is 1. The third-order valence-corrected chi connectivity index (χ3v) is 3.00. The van der Waals surface area contributed by atoms with E-state index in [0.29, 0.717) is 12.2 Å². The van der Waals surface area contributed by atoms with Gasteiger partial charge in [-0.05, 0) is 37.6 Å². The molecular formula is C15H23NO4. The fourth-order valence-electron chi connectivity index (χ4n) is 1.51. The predicted molar refractivity (Wildman–Crippen MR) is 76.9 cm³/mol. The van der Waals surface area contributed by atoms with Crippen molar-refractivity contribution in [2.75, 3.05) is 19.8 Å². The summed E-state index contributed by atoms with van der Waals surface area (Å²) >= 11 is 0. The number of carbonyl (C=O) groups is 1. The summed E-state index contributed by atoms with van der Waals surface area (Å²) in [6.45, 7) is 3.68. The van der Waals surface area contributed by atoms with Crippen LogP contribution in [0.5, 0.6) is 5.75 Å². The highest BCUT2D eigenvalue weighted by molar-refractivity contribution is 5.94. The topological polar surface area (TPSA) is 78.8 Å². The monoisotopic (exact) mass is 281 g/mol. The Morgan fingerprint density at radius 2 is 1.85 bits per heavy atom. The zero-order valence-corrected chi connectivity index (χ0v) is 12.1. The van der Waals surface area contributed by atoms with Gasteiger partial charge in [0.15, 0.2) is 0 Å². The van der Waals surface area contributed by atoms with E-state index < -0.39 is 5.54 Å². The molecule has 0 spiro atoms. The summed E-state index contributed by atoms with van der Waals surface area (Å²) in [7, 11) is 0. The molecule has 0 saturated carbocycles. The highest BCUT2D eigenvalue weighted by Gasteiger charge is 2.24. The van der Waals surface area contributed by atoms with E-state index in [1.165, 1.54) is 0 Å². The molecule has 0 atom stereocenters. The molecule has 0 aliphatic heterocycles. The third kappa shape index (κ3) is 4.83. The number of ether oxygens (including phenoxy) is 1. The number of aliphatic hydroxyl groups is 2. The van der Waals surface area contributed by atoms with Gasteiger partial charge in [0, 0.05) is 5.56 Å². The summed E-state index contributed by atoms with van der Waals surface area (Å²) < 4.78 is 5.51. The lowest BCUT2D eigenvalue weighted by Gasteiger charge is -2.26. The Bertz CT molecular complexity index is 412. The van der Waals surface area contributed by atoms with Crippen molar-refractivity contribution in [2.45, 2.75) is 32.2 Å². The zero-order valence-electron chi connectivity index (χ0n) is 12.1. The molecule has 1 amide bonds. The lowest BCUT2D eigenvalue weighted by Crippen LogP contribution is -2.51. The molecule has 0 bridgehead atoms. The van der Waals surface area contributed by atoms with Crippen LogP contribution in [0.4, 0.5) is 0 Å². The van der Waals surface area contributed by atoms with E-state index in [-0.39, 0.29) is 19.1 Å². The predicted octanol–water partition coefficient (Wildman–Crippen LogP) is 1.34. The molecule has 0 saturated heterocycles. The maximum absolute atomic E-state index is 12.0. The normalized spacial score (nSPS) is 11.2. The van der Waals surface area contributed by atoms with Crippen molar-refractivity contribution in [1.82, 2.24) is 5.32 Å². The molecule has 1 aromatic rings. The minimum Gasteiger partial charge on any atom is -0.494 e. The minimum absolute atomic E-state index is 0.326. The largest absolute Gasteiger partial charge is 0.494 e. The quantitative estimate of drug-likeness (QED) is 0.628. The van der Waals surface area contributed by atoms with Gasteiger partial charge in [-0.25, -0.2) is 0 Å². The van der Waals surface area contributed by atoms with Crippen LogP contribution in [-0.4, -0.2) is 41.5 Å². The minimum atomic E-state index is -1.02. The smallest absolute Gasteiger partial charge is 0.251 e. The number of rotatable bonds is 8. The average molecular weight is 281 g/mol. The summed E-state index contributed by atoms with van der Waals surface area (Å²) in [5.41, 5.74) is -0.561. The van der Waals surface area contributed by atoms with Crippen molar-refractivity contribution in [3.05, 3.63) is 29.8 Å². The molecule has 0 aliphatic carbocycles. The number of aliphatic hydroxyl groups excluding tert-OH is 2. The Kier molecular flexibility index (Phi) is 6.48. The van der Waals surface area contributed by atoms with Gasteiger partial charge in [0.05, 0.1) is 25.4 Å². The van der Waals surface area contributed by atoms with Gasteiger partial charge in [0.1, 0.15) is 5.75 Å². The van der Waals surface area contributed by atoms with E-state index in [4.69, 9.17) is 14.9 Å². The van der Waals surface area contributed by atoms with Crippen LogP contribution < -0.4 is 10.1 Å². The first-order valence-corrected chi connectivity index (χ1v) is 6.81. The van der Waals surface area contributed by atoms with E-state index in [0.717, 1.165) is 18.6 Å². The van der Waals surface area contributed by atoms with Crippen molar-refractivity contribution < 1.29 is 19.7 Å². The lowest BCUT2D eigenvalue weighted by molar-refractivity contribution is 0.0724. The molecule has 5 heteroatoms. The summed E-state index contributed by atoms with van der Waals surface area (Å²) in [6, 6.07) is 6.79. The second-order valence-corrected chi connectivity index (χ2v) is 5.06. The van der Waals surface area contributed by atoms with E-state index in [1.54, 1.807) is 31.2 Å². The van der Waals surface area contributed by atoms with Crippen LogP contribution in [0.1, 0.15) is 37.0 Å². The van der Waals surface area contributed by atoms with E-state index >= 15 is 0 Å². The lowest BCUT2D eigenvalue weighted by atomic mass is 10.0. The Hall–Kier alpha value is -1.59. The number of hydrogen-bond acceptors (Lipinski definition) is 4. The molecule has 5 nitrogen and oxygen atoms in total. The van der Waals surface area contributed by atoms with Crippen LogP contribution in [0.2, 0.25) is 0 Å². The van der Waals surface area contributed by atoms with Gasteiger partial charge in [-0.15, -0.1) is 0 Å². The number of unbranched alkanes of at least 4 members (excludes halogenated alkanes) is 1.